The monoisotopic (exact) mass is 479 g/mol. The molecular formula is C24H25F4N3O3. The van der Waals surface area contributed by atoms with E-state index in [1.165, 1.54) is 33.0 Å². The molecule has 1 atom stereocenters. The van der Waals surface area contributed by atoms with Gasteiger partial charge in [0.25, 0.3) is 5.91 Å². The number of carbonyl (C=O) groups excluding carboxylic acids is 1. The number of carbonyl (C=O) groups is 1. The van der Waals surface area contributed by atoms with Crippen molar-refractivity contribution >= 4 is 22.5 Å². The van der Waals surface area contributed by atoms with Crippen molar-refractivity contribution in [2.75, 3.05) is 18.9 Å². The Morgan fingerprint density at radius 1 is 1.09 bits per heavy atom. The van der Waals surface area contributed by atoms with Crippen LogP contribution in [-0.2, 0) is 5.41 Å². The van der Waals surface area contributed by atoms with Crippen molar-refractivity contribution in [3.8, 4) is 5.75 Å². The Bertz CT molecular complexity index is 1210. The van der Waals surface area contributed by atoms with Crippen LogP contribution in [0.25, 0.3) is 10.9 Å². The van der Waals surface area contributed by atoms with Gasteiger partial charge in [0, 0.05) is 23.7 Å². The topological polar surface area (TPSA) is 94.5 Å². The smallest absolute Gasteiger partial charge is 0.418 e. The Morgan fingerprint density at radius 3 is 2.44 bits per heavy atom. The zero-order valence-electron chi connectivity index (χ0n) is 18.8. The molecular weight excluding hydrogens is 454 g/mol. The summed E-state index contributed by atoms with van der Waals surface area (Å²) in [6.07, 6.45) is -5.88. The molecule has 34 heavy (non-hydrogen) atoms. The lowest BCUT2D eigenvalue weighted by atomic mass is 9.74. The lowest BCUT2D eigenvalue weighted by Crippen LogP contribution is -2.53. The second-order valence-corrected chi connectivity index (χ2v) is 8.75. The van der Waals surface area contributed by atoms with Gasteiger partial charge in [-0.25, -0.2) is 9.37 Å². The van der Waals surface area contributed by atoms with E-state index >= 15 is 0 Å². The van der Waals surface area contributed by atoms with Crippen LogP contribution in [0, 0.1) is 5.82 Å². The molecule has 6 nitrogen and oxygen atoms in total. The lowest BCUT2D eigenvalue weighted by Gasteiger charge is -2.38. The molecule has 0 radical (unpaired) electrons. The van der Waals surface area contributed by atoms with E-state index in [-0.39, 0.29) is 22.7 Å². The van der Waals surface area contributed by atoms with Gasteiger partial charge in [0.2, 0.25) is 0 Å². The van der Waals surface area contributed by atoms with E-state index in [0.717, 1.165) is 18.2 Å². The summed E-state index contributed by atoms with van der Waals surface area (Å²) < 4.78 is 55.9. The molecule has 0 bridgehead atoms. The van der Waals surface area contributed by atoms with Crippen LogP contribution in [0.5, 0.6) is 5.75 Å². The molecule has 1 unspecified atom stereocenters. The largest absolute Gasteiger partial charge is 0.508 e. The van der Waals surface area contributed by atoms with Crippen molar-refractivity contribution in [3.63, 3.8) is 0 Å². The summed E-state index contributed by atoms with van der Waals surface area (Å²) in [6, 6.07) is 10.7. The molecule has 0 aliphatic carbocycles. The summed E-state index contributed by atoms with van der Waals surface area (Å²) in [6.45, 7) is 1.87. The highest BCUT2D eigenvalue weighted by molar-refractivity contribution is 5.97. The van der Waals surface area contributed by atoms with E-state index in [1.807, 2.05) is 0 Å². The third-order valence-corrected chi connectivity index (χ3v) is 5.71. The van der Waals surface area contributed by atoms with Crippen molar-refractivity contribution < 1.29 is 32.6 Å². The lowest BCUT2D eigenvalue weighted by molar-refractivity contribution is -0.260. The van der Waals surface area contributed by atoms with Gasteiger partial charge >= 0.3 is 6.18 Å². The van der Waals surface area contributed by atoms with Gasteiger partial charge in [-0.2, -0.15) is 13.2 Å². The van der Waals surface area contributed by atoms with Crippen LogP contribution in [-0.4, -0.2) is 46.5 Å². The van der Waals surface area contributed by atoms with E-state index in [2.05, 4.69) is 15.6 Å². The number of halogens is 4. The Balaban J connectivity index is 1.92. The number of nitrogens with zero attached hydrogens (tertiary/aromatic N) is 1. The quantitative estimate of drug-likeness (QED) is 0.374. The molecule has 0 spiro atoms. The maximum absolute atomic E-state index is 14.0. The molecule has 2 aromatic carbocycles. The van der Waals surface area contributed by atoms with Crippen LogP contribution in [0.3, 0.4) is 0 Å². The highest BCUT2D eigenvalue weighted by Gasteiger charge is 2.56. The minimum Gasteiger partial charge on any atom is -0.508 e. The van der Waals surface area contributed by atoms with Gasteiger partial charge < -0.3 is 20.8 Å². The third kappa shape index (κ3) is 5.06. The third-order valence-electron chi connectivity index (χ3n) is 5.71. The normalized spacial score (nSPS) is 14.0. The number of rotatable bonds is 7. The molecule has 10 heteroatoms. The van der Waals surface area contributed by atoms with Crippen LogP contribution in [0.15, 0.2) is 48.5 Å². The molecule has 0 saturated heterocycles. The summed E-state index contributed by atoms with van der Waals surface area (Å²) in [5.74, 6) is -1.49. The van der Waals surface area contributed by atoms with E-state index in [4.69, 9.17) is 0 Å². The number of phenols is 1. The Labute approximate surface area is 193 Å². The number of aliphatic hydroxyl groups is 1. The van der Waals surface area contributed by atoms with Crippen molar-refractivity contribution in [3.05, 3.63) is 65.6 Å². The highest BCUT2D eigenvalue weighted by Crippen LogP contribution is 2.43. The maximum Gasteiger partial charge on any atom is 0.418 e. The minimum absolute atomic E-state index is 0.0498. The molecule has 3 rings (SSSR count). The standard InChI is InChI=1S/C24H25F4N3O3/c1-22(2,16-11-14(25)7-10-20(16)32)12-23(34,24(26,27)28)13-30-17-5-4-6-18-15(17)8-9-19(31-18)21(33)29-3/h4-11,30,32,34H,12-13H2,1-3H3,(H,29,33). The minimum atomic E-state index is -5.03. The van der Waals surface area contributed by atoms with Gasteiger partial charge in [-0.05, 0) is 54.3 Å². The van der Waals surface area contributed by atoms with Crippen molar-refractivity contribution in [2.24, 2.45) is 0 Å². The number of fused-ring (bicyclic) bond motifs is 1. The molecule has 0 fully saturated rings. The number of benzene rings is 2. The number of hydrogen-bond donors (Lipinski definition) is 4. The molecule has 0 saturated carbocycles. The number of anilines is 1. The van der Waals surface area contributed by atoms with Crippen LogP contribution in [0.2, 0.25) is 0 Å². The number of phenolic OH excluding ortho intramolecular Hbond substituents is 1. The predicted octanol–water partition coefficient (Wildman–Crippen LogP) is 4.51. The van der Waals surface area contributed by atoms with Crippen molar-refractivity contribution in [2.45, 2.75) is 37.5 Å². The summed E-state index contributed by atoms with van der Waals surface area (Å²) in [4.78, 5) is 16.0. The second kappa shape index (κ2) is 9.09. The van der Waals surface area contributed by atoms with Gasteiger partial charge in [-0.3, -0.25) is 4.79 Å². The van der Waals surface area contributed by atoms with Crippen molar-refractivity contribution in [1.82, 2.24) is 10.3 Å². The average Bonchev–Trinajstić information content (AvgIpc) is 2.77. The Kier molecular flexibility index (Phi) is 6.75. The van der Waals surface area contributed by atoms with Gasteiger partial charge in [0.15, 0.2) is 5.60 Å². The fraction of sp³-hybridized carbons (Fsp3) is 0.333. The fourth-order valence-electron chi connectivity index (χ4n) is 3.94. The summed E-state index contributed by atoms with van der Waals surface area (Å²) in [7, 11) is 1.45. The summed E-state index contributed by atoms with van der Waals surface area (Å²) in [5.41, 5.74) is -3.88. The molecule has 4 N–H and O–H groups in total. The second-order valence-electron chi connectivity index (χ2n) is 8.75. The molecule has 182 valence electrons. The van der Waals surface area contributed by atoms with Gasteiger partial charge in [0.1, 0.15) is 17.3 Å². The van der Waals surface area contributed by atoms with Crippen LogP contribution < -0.4 is 10.6 Å². The molecule has 0 aliphatic heterocycles. The van der Waals surface area contributed by atoms with Crippen LogP contribution in [0.1, 0.15) is 36.3 Å². The summed E-state index contributed by atoms with van der Waals surface area (Å²) in [5, 5.41) is 26.4. The first kappa shape index (κ1) is 25.2. The zero-order chi connectivity index (χ0) is 25.3. The molecule has 1 heterocycles. The van der Waals surface area contributed by atoms with Crippen molar-refractivity contribution in [1.29, 1.82) is 0 Å². The molecule has 3 aromatic rings. The van der Waals surface area contributed by atoms with Gasteiger partial charge in [-0.1, -0.05) is 19.9 Å². The van der Waals surface area contributed by atoms with Crippen LogP contribution in [0.4, 0.5) is 23.2 Å². The number of aromatic nitrogens is 1. The van der Waals surface area contributed by atoms with Crippen LogP contribution >= 0.6 is 0 Å². The number of amides is 1. The molecule has 1 amide bonds. The Morgan fingerprint density at radius 2 is 1.79 bits per heavy atom. The fourth-order valence-corrected chi connectivity index (χ4v) is 3.94. The number of hydrogen-bond acceptors (Lipinski definition) is 5. The van der Waals surface area contributed by atoms with E-state index in [9.17, 15) is 32.6 Å². The predicted molar refractivity (Wildman–Crippen MR) is 120 cm³/mol. The van der Waals surface area contributed by atoms with E-state index < -0.39 is 41.9 Å². The highest BCUT2D eigenvalue weighted by atomic mass is 19.4. The first-order chi connectivity index (χ1) is 15.8. The number of nitrogens with one attached hydrogen (secondary N) is 2. The zero-order valence-corrected chi connectivity index (χ0v) is 18.8. The average molecular weight is 479 g/mol. The number of pyridine rings is 1. The van der Waals surface area contributed by atoms with Gasteiger partial charge in [-0.15, -0.1) is 0 Å². The van der Waals surface area contributed by atoms with E-state index in [1.54, 1.807) is 18.2 Å². The van der Waals surface area contributed by atoms with Gasteiger partial charge in [0.05, 0.1) is 12.1 Å². The summed E-state index contributed by atoms with van der Waals surface area (Å²) >= 11 is 0. The first-order valence-corrected chi connectivity index (χ1v) is 10.4. The molecule has 0 aliphatic rings. The number of aromatic hydroxyl groups is 1. The molecule has 1 aromatic heterocycles. The first-order valence-electron chi connectivity index (χ1n) is 10.4. The maximum atomic E-state index is 14.0. The number of alkyl halides is 3. The SMILES string of the molecule is CNC(=O)c1ccc2c(NCC(O)(CC(C)(C)c3cc(F)ccc3O)C(F)(F)F)cccc2n1. The van der Waals surface area contributed by atoms with E-state index in [0.29, 0.717) is 10.9 Å². The Hall–Kier alpha value is -3.40.